The fraction of sp³-hybridized carbons (Fsp3) is 0.235. The second-order valence-electron chi connectivity index (χ2n) is 5.42. The van der Waals surface area contributed by atoms with Gasteiger partial charge in [0.15, 0.2) is 11.8 Å². The Balaban J connectivity index is 1.94. The van der Waals surface area contributed by atoms with Gasteiger partial charge in [0.05, 0.1) is 17.6 Å². The van der Waals surface area contributed by atoms with Crippen LogP contribution in [0.4, 0.5) is 13.2 Å². The number of thioether (sulfide) groups is 1. The molecule has 0 aliphatic heterocycles. The first-order chi connectivity index (χ1) is 12.9. The smallest absolute Gasteiger partial charge is 0.422 e. The molecule has 0 saturated carbocycles. The number of nitrogens with one attached hydrogen (secondary N) is 1. The summed E-state index contributed by atoms with van der Waals surface area (Å²) < 4.78 is 42.8. The SMILES string of the molecule is CCSc1nc(-c2cn[nH]c2)cc(=O)n1-c1ccc(OCC(F)(F)F)cc1. The summed E-state index contributed by atoms with van der Waals surface area (Å²) in [7, 11) is 0. The van der Waals surface area contributed by atoms with E-state index in [-0.39, 0.29) is 11.3 Å². The van der Waals surface area contributed by atoms with Crippen LogP contribution in [0.25, 0.3) is 16.9 Å². The normalized spacial score (nSPS) is 11.6. The van der Waals surface area contributed by atoms with Crippen LogP contribution in [0.2, 0.25) is 0 Å². The third-order valence-corrected chi connectivity index (χ3v) is 4.27. The van der Waals surface area contributed by atoms with E-state index in [1.807, 2.05) is 6.92 Å². The lowest BCUT2D eigenvalue weighted by atomic mass is 10.2. The zero-order valence-electron chi connectivity index (χ0n) is 14.2. The van der Waals surface area contributed by atoms with Gasteiger partial charge >= 0.3 is 6.18 Å². The second-order valence-corrected chi connectivity index (χ2v) is 6.65. The van der Waals surface area contributed by atoms with E-state index in [2.05, 4.69) is 15.2 Å². The molecule has 0 spiro atoms. The molecule has 6 nitrogen and oxygen atoms in total. The van der Waals surface area contributed by atoms with Crippen molar-refractivity contribution < 1.29 is 17.9 Å². The second kappa shape index (κ2) is 7.87. The molecule has 142 valence electrons. The number of alkyl halides is 3. The van der Waals surface area contributed by atoms with E-state index in [4.69, 9.17) is 4.74 Å². The summed E-state index contributed by atoms with van der Waals surface area (Å²) in [6, 6.07) is 7.20. The van der Waals surface area contributed by atoms with Crippen LogP contribution in [0, 0.1) is 0 Å². The number of aromatic amines is 1. The molecule has 0 fully saturated rings. The van der Waals surface area contributed by atoms with Crippen molar-refractivity contribution in [3.05, 3.63) is 53.1 Å². The number of halogens is 3. The van der Waals surface area contributed by atoms with E-state index < -0.39 is 12.8 Å². The van der Waals surface area contributed by atoms with Gasteiger partial charge in [-0.25, -0.2) is 4.98 Å². The maximum atomic E-state index is 12.7. The Morgan fingerprint density at radius 1 is 1.26 bits per heavy atom. The van der Waals surface area contributed by atoms with Crippen LogP contribution in [0.5, 0.6) is 5.75 Å². The van der Waals surface area contributed by atoms with Gasteiger partial charge in [0.25, 0.3) is 5.56 Å². The van der Waals surface area contributed by atoms with Gasteiger partial charge in [-0.2, -0.15) is 18.3 Å². The summed E-state index contributed by atoms with van der Waals surface area (Å²) in [6.07, 6.45) is -1.20. The number of ether oxygens (including phenoxy) is 1. The topological polar surface area (TPSA) is 72.8 Å². The molecular formula is C17H15F3N4O2S. The first-order valence-electron chi connectivity index (χ1n) is 7.93. The Hall–Kier alpha value is -2.75. The molecule has 0 unspecified atom stereocenters. The first-order valence-corrected chi connectivity index (χ1v) is 8.92. The van der Waals surface area contributed by atoms with E-state index >= 15 is 0 Å². The molecule has 0 saturated heterocycles. The minimum atomic E-state index is -4.41. The molecule has 2 heterocycles. The van der Waals surface area contributed by atoms with Crippen molar-refractivity contribution in [2.45, 2.75) is 18.3 Å². The zero-order valence-corrected chi connectivity index (χ0v) is 15.0. The lowest BCUT2D eigenvalue weighted by molar-refractivity contribution is -0.153. The molecule has 0 aliphatic carbocycles. The summed E-state index contributed by atoms with van der Waals surface area (Å²) in [5.41, 5.74) is 1.36. The van der Waals surface area contributed by atoms with Crippen molar-refractivity contribution >= 4 is 11.8 Å². The molecule has 1 N–H and O–H groups in total. The van der Waals surface area contributed by atoms with Gasteiger partial charge < -0.3 is 4.74 Å². The van der Waals surface area contributed by atoms with Crippen LogP contribution in [0.3, 0.4) is 0 Å². The van der Waals surface area contributed by atoms with E-state index in [0.717, 1.165) is 0 Å². The Morgan fingerprint density at radius 3 is 2.59 bits per heavy atom. The van der Waals surface area contributed by atoms with Gasteiger partial charge in [-0.05, 0) is 30.0 Å². The Morgan fingerprint density at radius 2 is 2.00 bits per heavy atom. The predicted molar refractivity (Wildman–Crippen MR) is 95.4 cm³/mol. The Bertz CT molecular complexity index is 954. The van der Waals surface area contributed by atoms with Gasteiger partial charge in [0.2, 0.25) is 0 Å². The van der Waals surface area contributed by atoms with Crippen LogP contribution in [-0.2, 0) is 0 Å². The van der Waals surface area contributed by atoms with Crippen LogP contribution < -0.4 is 10.3 Å². The van der Waals surface area contributed by atoms with Gasteiger partial charge in [-0.3, -0.25) is 14.5 Å². The molecule has 27 heavy (non-hydrogen) atoms. The minimum absolute atomic E-state index is 0.0665. The molecule has 0 amide bonds. The van der Waals surface area contributed by atoms with E-state index in [1.165, 1.54) is 46.7 Å². The molecule has 2 aromatic heterocycles. The van der Waals surface area contributed by atoms with Crippen LogP contribution >= 0.6 is 11.8 Å². The number of H-pyrrole nitrogens is 1. The lowest BCUT2D eigenvalue weighted by Crippen LogP contribution is -2.21. The third-order valence-electron chi connectivity index (χ3n) is 3.45. The lowest BCUT2D eigenvalue weighted by Gasteiger charge is -2.13. The monoisotopic (exact) mass is 396 g/mol. The Labute approximate surface area is 156 Å². The largest absolute Gasteiger partial charge is 0.484 e. The summed E-state index contributed by atoms with van der Waals surface area (Å²) in [5, 5.41) is 7.01. The predicted octanol–water partition coefficient (Wildman–Crippen LogP) is 3.68. The number of rotatable bonds is 6. The summed E-state index contributed by atoms with van der Waals surface area (Å²) in [6.45, 7) is 0.559. The Kier molecular flexibility index (Phi) is 5.54. The summed E-state index contributed by atoms with van der Waals surface area (Å²) in [4.78, 5) is 17.2. The third kappa shape index (κ3) is 4.70. The van der Waals surface area contributed by atoms with Crippen molar-refractivity contribution in [3.8, 4) is 22.7 Å². The fourth-order valence-electron chi connectivity index (χ4n) is 2.32. The average molecular weight is 396 g/mol. The van der Waals surface area contributed by atoms with Crippen molar-refractivity contribution in [1.29, 1.82) is 0 Å². The molecule has 0 aliphatic rings. The van der Waals surface area contributed by atoms with E-state index in [0.29, 0.717) is 27.9 Å². The van der Waals surface area contributed by atoms with Crippen LogP contribution in [0.15, 0.2) is 52.7 Å². The molecule has 3 rings (SSSR count). The summed E-state index contributed by atoms with van der Waals surface area (Å²) in [5.74, 6) is 0.755. The molecule has 10 heteroatoms. The van der Waals surface area contributed by atoms with Crippen LogP contribution in [-0.4, -0.2) is 38.3 Å². The molecular weight excluding hydrogens is 381 g/mol. The first kappa shape index (κ1) is 19.0. The van der Waals surface area contributed by atoms with Gasteiger partial charge in [-0.1, -0.05) is 18.7 Å². The minimum Gasteiger partial charge on any atom is -0.484 e. The fourth-order valence-corrected chi connectivity index (χ4v) is 3.07. The average Bonchev–Trinajstić information content (AvgIpc) is 3.15. The standard InChI is InChI=1S/C17H15F3N4O2S/c1-2-27-16-23-14(11-8-21-22-9-11)7-15(25)24(16)12-3-5-13(6-4-12)26-10-17(18,19)20/h3-9H,2,10H2,1H3,(H,21,22). The van der Waals surface area contributed by atoms with Crippen molar-refractivity contribution in [3.63, 3.8) is 0 Å². The number of benzene rings is 1. The van der Waals surface area contributed by atoms with Crippen molar-refractivity contribution in [2.24, 2.45) is 0 Å². The quantitative estimate of drug-likeness (QED) is 0.508. The number of hydrogen-bond acceptors (Lipinski definition) is 5. The molecule has 0 atom stereocenters. The number of aromatic nitrogens is 4. The van der Waals surface area contributed by atoms with Gasteiger partial charge in [0, 0.05) is 17.8 Å². The molecule has 0 radical (unpaired) electrons. The van der Waals surface area contributed by atoms with E-state index in [9.17, 15) is 18.0 Å². The zero-order chi connectivity index (χ0) is 19.4. The number of nitrogens with zero attached hydrogens (tertiary/aromatic N) is 3. The van der Waals surface area contributed by atoms with Gasteiger partial charge in [-0.15, -0.1) is 0 Å². The molecule has 0 bridgehead atoms. The highest BCUT2D eigenvalue weighted by Gasteiger charge is 2.28. The van der Waals surface area contributed by atoms with E-state index in [1.54, 1.807) is 12.4 Å². The number of hydrogen-bond donors (Lipinski definition) is 1. The van der Waals surface area contributed by atoms with Crippen molar-refractivity contribution in [2.75, 3.05) is 12.4 Å². The molecule has 3 aromatic rings. The highest BCUT2D eigenvalue weighted by atomic mass is 32.2. The van der Waals surface area contributed by atoms with Gasteiger partial charge in [0.1, 0.15) is 5.75 Å². The highest BCUT2D eigenvalue weighted by molar-refractivity contribution is 7.99. The summed E-state index contributed by atoms with van der Waals surface area (Å²) >= 11 is 1.38. The highest BCUT2D eigenvalue weighted by Crippen LogP contribution is 2.24. The maximum absolute atomic E-state index is 12.7. The maximum Gasteiger partial charge on any atom is 0.422 e. The van der Waals surface area contributed by atoms with Crippen LogP contribution in [0.1, 0.15) is 6.92 Å². The molecule has 1 aromatic carbocycles. The van der Waals surface area contributed by atoms with Crippen molar-refractivity contribution in [1.82, 2.24) is 19.7 Å².